The second-order valence-electron chi connectivity index (χ2n) is 5.20. The fourth-order valence-corrected chi connectivity index (χ4v) is 3.84. The largest absolute Gasteiger partial charge is 0.310 e. The monoisotopic (exact) mass is 272 g/mol. The van der Waals surface area contributed by atoms with Crippen molar-refractivity contribution in [2.24, 2.45) is 5.92 Å². The molecule has 2 rings (SSSR count). The Balaban J connectivity index is 2.00. The molecule has 102 valence electrons. The molecule has 1 atom stereocenters. The number of hydrogen-bond donors (Lipinski definition) is 1. The molecule has 0 radical (unpaired) electrons. The molecule has 1 aliphatic heterocycles. The number of sulfone groups is 1. The summed E-state index contributed by atoms with van der Waals surface area (Å²) >= 11 is 0. The van der Waals surface area contributed by atoms with E-state index in [1.54, 1.807) is 4.68 Å². The second kappa shape index (κ2) is 5.36. The van der Waals surface area contributed by atoms with Gasteiger partial charge in [-0.2, -0.15) is 5.10 Å². The van der Waals surface area contributed by atoms with Gasteiger partial charge < -0.3 is 5.32 Å². The lowest BCUT2D eigenvalue weighted by molar-refractivity contribution is 0.457. The quantitative estimate of drug-likeness (QED) is 0.838. The minimum absolute atomic E-state index is 0.0478. The summed E-state index contributed by atoms with van der Waals surface area (Å²) in [5.74, 6) is 1.84. The van der Waals surface area contributed by atoms with Crippen LogP contribution in [0.3, 0.4) is 0 Å². The lowest BCUT2D eigenvalue weighted by atomic mass is 10.2. The summed E-state index contributed by atoms with van der Waals surface area (Å²) in [4.78, 5) is 4.20. The lowest BCUT2D eigenvalue weighted by Gasteiger charge is -2.12. The Morgan fingerprint density at radius 1 is 1.56 bits per heavy atom. The minimum Gasteiger partial charge on any atom is -0.310 e. The highest BCUT2D eigenvalue weighted by molar-refractivity contribution is 7.91. The van der Waals surface area contributed by atoms with Crippen LogP contribution in [0, 0.1) is 5.92 Å². The molecule has 1 unspecified atom stereocenters. The van der Waals surface area contributed by atoms with E-state index in [2.05, 4.69) is 29.2 Å². The number of aromatic nitrogens is 3. The zero-order valence-corrected chi connectivity index (χ0v) is 11.7. The van der Waals surface area contributed by atoms with Gasteiger partial charge in [0.2, 0.25) is 0 Å². The molecule has 18 heavy (non-hydrogen) atoms. The molecule has 0 spiro atoms. The van der Waals surface area contributed by atoms with Crippen LogP contribution in [0.5, 0.6) is 0 Å². The molecule has 1 N–H and O–H groups in total. The maximum atomic E-state index is 11.5. The van der Waals surface area contributed by atoms with E-state index in [4.69, 9.17) is 0 Å². The van der Waals surface area contributed by atoms with Crippen LogP contribution in [-0.2, 0) is 16.4 Å². The lowest BCUT2D eigenvalue weighted by Crippen LogP contribution is -2.23. The van der Waals surface area contributed by atoms with Crippen molar-refractivity contribution in [3.05, 3.63) is 12.2 Å². The summed E-state index contributed by atoms with van der Waals surface area (Å²) in [6.07, 6.45) is 2.14. The van der Waals surface area contributed by atoms with Gasteiger partial charge in [0.05, 0.1) is 24.1 Å². The predicted octanol–water partition coefficient (Wildman–Crippen LogP) is 0.383. The predicted molar refractivity (Wildman–Crippen MR) is 68.9 cm³/mol. The number of rotatable bonds is 5. The van der Waals surface area contributed by atoms with Crippen LogP contribution in [0.1, 0.15) is 32.1 Å². The van der Waals surface area contributed by atoms with E-state index in [9.17, 15) is 8.42 Å². The van der Waals surface area contributed by atoms with E-state index < -0.39 is 9.84 Å². The first-order valence-corrected chi connectivity index (χ1v) is 8.09. The Hall–Kier alpha value is -0.950. The normalized spacial score (nSPS) is 22.7. The standard InChI is InChI=1S/C11H20N4O2S/c1-9(2)5-12-6-11-13-8-14-15(11)10-3-4-18(16,17)7-10/h8-10,12H,3-7H2,1-2H3. The van der Waals surface area contributed by atoms with Crippen LogP contribution >= 0.6 is 0 Å². The highest BCUT2D eigenvalue weighted by atomic mass is 32.2. The van der Waals surface area contributed by atoms with Crippen molar-refractivity contribution >= 4 is 9.84 Å². The first kappa shape index (κ1) is 13.5. The molecule has 1 aromatic heterocycles. The van der Waals surface area contributed by atoms with Crippen LogP contribution in [-0.4, -0.2) is 41.2 Å². The van der Waals surface area contributed by atoms with Crippen LogP contribution in [0.4, 0.5) is 0 Å². The zero-order chi connectivity index (χ0) is 13.2. The van der Waals surface area contributed by atoms with Crippen molar-refractivity contribution in [3.63, 3.8) is 0 Å². The van der Waals surface area contributed by atoms with Gasteiger partial charge in [-0.05, 0) is 18.9 Å². The van der Waals surface area contributed by atoms with Crippen LogP contribution in [0.25, 0.3) is 0 Å². The summed E-state index contributed by atoms with van der Waals surface area (Å²) in [6, 6.07) is -0.0478. The Labute approximate surface area is 108 Å². The Bertz CT molecular complexity index is 495. The third-order valence-corrected chi connectivity index (χ3v) is 4.79. The van der Waals surface area contributed by atoms with Crippen molar-refractivity contribution in [3.8, 4) is 0 Å². The first-order chi connectivity index (χ1) is 8.48. The van der Waals surface area contributed by atoms with E-state index in [0.717, 1.165) is 12.4 Å². The molecule has 1 aromatic rings. The van der Waals surface area contributed by atoms with Gasteiger partial charge in [-0.1, -0.05) is 13.8 Å². The van der Waals surface area contributed by atoms with Crippen molar-refractivity contribution in [1.29, 1.82) is 0 Å². The summed E-state index contributed by atoms with van der Waals surface area (Å²) in [7, 11) is -2.88. The van der Waals surface area contributed by atoms with Gasteiger partial charge in [0.1, 0.15) is 12.2 Å². The molecule has 6 nitrogen and oxygen atoms in total. The Morgan fingerprint density at radius 3 is 2.94 bits per heavy atom. The summed E-state index contributed by atoms with van der Waals surface area (Å²) in [6.45, 7) is 5.83. The molecule has 7 heteroatoms. The van der Waals surface area contributed by atoms with E-state index in [1.165, 1.54) is 6.33 Å². The van der Waals surface area contributed by atoms with E-state index >= 15 is 0 Å². The molecule has 1 aliphatic rings. The van der Waals surface area contributed by atoms with Gasteiger partial charge >= 0.3 is 0 Å². The summed E-state index contributed by atoms with van der Waals surface area (Å²) in [5, 5.41) is 7.46. The molecule has 2 heterocycles. The SMILES string of the molecule is CC(C)CNCc1ncnn1C1CCS(=O)(=O)C1. The first-order valence-electron chi connectivity index (χ1n) is 6.27. The van der Waals surface area contributed by atoms with Gasteiger partial charge in [0.15, 0.2) is 9.84 Å². The van der Waals surface area contributed by atoms with Crippen LogP contribution in [0.15, 0.2) is 6.33 Å². The zero-order valence-electron chi connectivity index (χ0n) is 10.8. The fraction of sp³-hybridized carbons (Fsp3) is 0.818. The molecular weight excluding hydrogens is 252 g/mol. The molecule has 0 bridgehead atoms. The summed E-state index contributed by atoms with van der Waals surface area (Å²) in [5.41, 5.74) is 0. The van der Waals surface area contributed by atoms with Crippen molar-refractivity contribution in [2.45, 2.75) is 32.9 Å². The molecule has 0 aromatic carbocycles. The molecular formula is C11H20N4O2S. The van der Waals surface area contributed by atoms with Crippen LogP contribution in [0.2, 0.25) is 0 Å². The summed E-state index contributed by atoms with van der Waals surface area (Å²) < 4.78 is 24.7. The molecule has 1 saturated heterocycles. The third-order valence-electron chi connectivity index (χ3n) is 3.04. The van der Waals surface area contributed by atoms with E-state index in [-0.39, 0.29) is 17.5 Å². The molecule has 0 aliphatic carbocycles. The molecule has 0 amide bonds. The highest BCUT2D eigenvalue weighted by Crippen LogP contribution is 2.23. The second-order valence-corrected chi connectivity index (χ2v) is 7.43. The van der Waals surface area contributed by atoms with Gasteiger partial charge in [0.25, 0.3) is 0 Å². The van der Waals surface area contributed by atoms with Crippen LogP contribution < -0.4 is 5.32 Å². The average Bonchev–Trinajstić information content (AvgIpc) is 2.84. The van der Waals surface area contributed by atoms with Crippen molar-refractivity contribution < 1.29 is 8.42 Å². The average molecular weight is 272 g/mol. The number of nitrogens with zero attached hydrogens (tertiary/aromatic N) is 3. The van der Waals surface area contributed by atoms with Gasteiger partial charge in [-0.25, -0.2) is 18.1 Å². The third kappa shape index (κ3) is 3.29. The topological polar surface area (TPSA) is 76.9 Å². The number of hydrogen-bond acceptors (Lipinski definition) is 5. The highest BCUT2D eigenvalue weighted by Gasteiger charge is 2.30. The van der Waals surface area contributed by atoms with E-state index in [1.807, 2.05) is 0 Å². The molecule has 0 saturated carbocycles. The minimum atomic E-state index is -2.88. The Morgan fingerprint density at radius 2 is 2.33 bits per heavy atom. The Kier molecular flexibility index (Phi) is 4.01. The van der Waals surface area contributed by atoms with Crippen molar-refractivity contribution in [1.82, 2.24) is 20.1 Å². The maximum absolute atomic E-state index is 11.5. The van der Waals surface area contributed by atoms with E-state index in [0.29, 0.717) is 18.9 Å². The number of nitrogens with one attached hydrogen (secondary N) is 1. The fourth-order valence-electron chi connectivity index (χ4n) is 2.15. The molecule has 1 fully saturated rings. The van der Waals surface area contributed by atoms with Gasteiger partial charge in [-0.3, -0.25) is 0 Å². The van der Waals surface area contributed by atoms with Crippen molar-refractivity contribution in [2.75, 3.05) is 18.1 Å². The smallest absolute Gasteiger partial charge is 0.152 e. The van der Waals surface area contributed by atoms with Gasteiger partial charge in [-0.15, -0.1) is 0 Å². The maximum Gasteiger partial charge on any atom is 0.152 e. The van der Waals surface area contributed by atoms with Gasteiger partial charge in [0, 0.05) is 0 Å².